The van der Waals surface area contributed by atoms with E-state index in [0.717, 1.165) is 11.0 Å². The number of aryl methyl sites for hydroxylation is 2. The minimum Gasteiger partial charge on any atom is -0.508 e. The van der Waals surface area contributed by atoms with Crippen LogP contribution in [0.2, 0.25) is 5.02 Å². The van der Waals surface area contributed by atoms with Gasteiger partial charge in [-0.1, -0.05) is 11.6 Å². The highest BCUT2D eigenvalue weighted by Gasteiger charge is 2.10. The number of hydrogen-bond donors (Lipinski definition) is 2. The number of benzene rings is 2. The molecule has 4 heteroatoms. The molecule has 0 radical (unpaired) electrons. The number of nitrogens with one attached hydrogen (secondary N) is 1. The van der Waals surface area contributed by atoms with Gasteiger partial charge >= 0.3 is 0 Å². The van der Waals surface area contributed by atoms with Gasteiger partial charge in [-0.05, 0) is 55.3 Å². The van der Waals surface area contributed by atoms with Crippen LogP contribution in [-0.4, -0.2) is 15.1 Å². The second-order valence-electron chi connectivity index (χ2n) is 4.70. The van der Waals surface area contributed by atoms with Crippen molar-refractivity contribution >= 4 is 22.6 Å². The Balaban J connectivity index is 2.23. The van der Waals surface area contributed by atoms with Crippen molar-refractivity contribution in [3.8, 4) is 17.1 Å². The van der Waals surface area contributed by atoms with E-state index in [0.29, 0.717) is 16.4 Å². The topological polar surface area (TPSA) is 48.9 Å². The maximum atomic E-state index is 9.56. The number of phenols is 1. The summed E-state index contributed by atoms with van der Waals surface area (Å²) in [6.07, 6.45) is 0. The molecule has 96 valence electrons. The molecule has 3 nitrogen and oxygen atoms in total. The van der Waals surface area contributed by atoms with Crippen molar-refractivity contribution in [2.24, 2.45) is 0 Å². The first-order chi connectivity index (χ1) is 9.04. The van der Waals surface area contributed by atoms with E-state index in [9.17, 15) is 5.11 Å². The van der Waals surface area contributed by atoms with Gasteiger partial charge < -0.3 is 10.1 Å². The highest BCUT2D eigenvalue weighted by Crippen LogP contribution is 2.31. The molecule has 19 heavy (non-hydrogen) atoms. The molecule has 0 spiro atoms. The van der Waals surface area contributed by atoms with Crippen molar-refractivity contribution in [3.63, 3.8) is 0 Å². The van der Waals surface area contributed by atoms with Gasteiger partial charge in [0, 0.05) is 5.56 Å². The van der Waals surface area contributed by atoms with Crippen LogP contribution in [0.25, 0.3) is 22.4 Å². The fourth-order valence-electron chi connectivity index (χ4n) is 2.09. The van der Waals surface area contributed by atoms with Gasteiger partial charge in [0.1, 0.15) is 11.6 Å². The van der Waals surface area contributed by atoms with E-state index in [1.807, 2.05) is 6.07 Å². The monoisotopic (exact) mass is 272 g/mol. The molecule has 0 aliphatic heterocycles. The number of H-pyrrole nitrogens is 1. The van der Waals surface area contributed by atoms with E-state index in [1.54, 1.807) is 18.2 Å². The predicted molar refractivity (Wildman–Crippen MR) is 77.7 cm³/mol. The Kier molecular flexibility index (Phi) is 2.72. The van der Waals surface area contributed by atoms with Crippen molar-refractivity contribution in [1.29, 1.82) is 0 Å². The summed E-state index contributed by atoms with van der Waals surface area (Å²) in [6.45, 7) is 4.13. The van der Waals surface area contributed by atoms with Crippen molar-refractivity contribution in [2.45, 2.75) is 13.8 Å². The van der Waals surface area contributed by atoms with Crippen LogP contribution in [0.5, 0.6) is 5.75 Å². The molecule has 3 aromatic rings. The molecule has 0 aliphatic carbocycles. The summed E-state index contributed by atoms with van der Waals surface area (Å²) in [4.78, 5) is 7.78. The average molecular weight is 273 g/mol. The van der Waals surface area contributed by atoms with Gasteiger partial charge in [-0.15, -0.1) is 0 Å². The Hall–Kier alpha value is -2.00. The van der Waals surface area contributed by atoms with Gasteiger partial charge in [0.15, 0.2) is 0 Å². The summed E-state index contributed by atoms with van der Waals surface area (Å²) >= 11 is 6.15. The van der Waals surface area contributed by atoms with E-state index in [2.05, 4.69) is 29.9 Å². The fourth-order valence-corrected chi connectivity index (χ4v) is 2.30. The third-order valence-electron chi connectivity index (χ3n) is 3.30. The van der Waals surface area contributed by atoms with Gasteiger partial charge in [0.2, 0.25) is 0 Å². The van der Waals surface area contributed by atoms with Crippen LogP contribution in [0, 0.1) is 13.8 Å². The first kappa shape index (κ1) is 12.1. The average Bonchev–Trinajstić information content (AvgIpc) is 2.75. The van der Waals surface area contributed by atoms with Gasteiger partial charge in [-0.2, -0.15) is 0 Å². The number of fused-ring (bicyclic) bond motifs is 1. The SMILES string of the molecule is Cc1cc2nc(-c3cc(O)ccc3Cl)[nH]c2cc1C. The molecule has 0 aliphatic rings. The molecular weight excluding hydrogens is 260 g/mol. The Bertz CT molecular complexity index is 738. The van der Waals surface area contributed by atoms with E-state index in [1.165, 1.54) is 11.1 Å². The second kappa shape index (κ2) is 4.28. The number of aromatic nitrogens is 2. The first-order valence-corrected chi connectivity index (χ1v) is 6.38. The van der Waals surface area contributed by atoms with Gasteiger partial charge in [-0.25, -0.2) is 4.98 Å². The van der Waals surface area contributed by atoms with Crippen LogP contribution < -0.4 is 0 Å². The predicted octanol–water partition coefficient (Wildman–Crippen LogP) is 4.21. The molecule has 1 heterocycles. The molecule has 2 N–H and O–H groups in total. The highest BCUT2D eigenvalue weighted by atomic mass is 35.5. The molecule has 0 bridgehead atoms. The third-order valence-corrected chi connectivity index (χ3v) is 3.63. The van der Waals surface area contributed by atoms with Crippen molar-refractivity contribution < 1.29 is 5.11 Å². The lowest BCUT2D eigenvalue weighted by molar-refractivity contribution is 0.475. The molecule has 2 aromatic carbocycles. The van der Waals surface area contributed by atoms with E-state index < -0.39 is 0 Å². The quantitative estimate of drug-likeness (QED) is 0.697. The molecule has 0 amide bonds. The maximum absolute atomic E-state index is 9.56. The lowest BCUT2D eigenvalue weighted by Crippen LogP contribution is -1.81. The third kappa shape index (κ3) is 2.06. The second-order valence-corrected chi connectivity index (χ2v) is 5.11. The standard InChI is InChI=1S/C15H13ClN2O/c1-8-5-13-14(6-9(8)2)18-15(17-13)11-7-10(19)3-4-12(11)16/h3-7,19H,1-2H3,(H,17,18). The largest absolute Gasteiger partial charge is 0.508 e. The van der Waals surface area contributed by atoms with Crippen molar-refractivity contribution in [1.82, 2.24) is 9.97 Å². The molecule has 0 fully saturated rings. The van der Waals surface area contributed by atoms with Crippen LogP contribution in [0.15, 0.2) is 30.3 Å². The van der Waals surface area contributed by atoms with Crippen LogP contribution in [0.3, 0.4) is 0 Å². The van der Waals surface area contributed by atoms with Crippen LogP contribution in [0.4, 0.5) is 0 Å². The summed E-state index contributed by atoms with van der Waals surface area (Å²) in [6, 6.07) is 8.94. The molecule has 3 rings (SSSR count). The zero-order valence-corrected chi connectivity index (χ0v) is 11.4. The van der Waals surface area contributed by atoms with E-state index in [-0.39, 0.29) is 5.75 Å². The summed E-state index contributed by atoms with van der Waals surface area (Å²) in [5, 5.41) is 10.1. The normalized spacial score (nSPS) is 11.1. The fraction of sp³-hybridized carbons (Fsp3) is 0.133. The number of phenolic OH excluding ortho intramolecular Hbond substituents is 1. The maximum Gasteiger partial charge on any atom is 0.140 e. The number of hydrogen-bond acceptors (Lipinski definition) is 2. The summed E-state index contributed by atoms with van der Waals surface area (Å²) < 4.78 is 0. The van der Waals surface area contributed by atoms with Gasteiger partial charge in [0.25, 0.3) is 0 Å². The minimum atomic E-state index is 0.173. The van der Waals surface area contributed by atoms with Crippen LogP contribution in [0.1, 0.15) is 11.1 Å². The van der Waals surface area contributed by atoms with Gasteiger partial charge in [-0.3, -0.25) is 0 Å². The lowest BCUT2D eigenvalue weighted by atomic mass is 10.1. The zero-order valence-electron chi connectivity index (χ0n) is 10.7. The number of imidazole rings is 1. The Labute approximate surface area is 115 Å². The lowest BCUT2D eigenvalue weighted by Gasteiger charge is -2.00. The Morgan fingerprint density at radius 3 is 2.63 bits per heavy atom. The number of aromatic amines is 1. The zero-order chi connectivity index (χ0) is 13.6. The molecule has 0 atom stereocenters. The Morgan fingerprint density at radius 2 is 1.84 bits per heavy atom. The van der Waals surface area contributed by atoms with E-state index in [4.69, 9.17) is 11.6 Å². The summed E-state index contributed by atoms with van der Waals surface area (Å²) in [5.41, 5.74) is 4.99. The molecular formula is C15H13ClN2O. The molecule has 0 saturated carbocycles. The van der Waals surface area contributed by atoms with Crippen LogP contribution in [-0.2, 0) is 0 Å². The smallest absolute Gasteiger partial charge is 0.140 e. The first-order valence-electron chi connectivity index (χ1n) is 6.00. The molecule has 1 aromatic heterocycles. The number of rotatable bonds is 1. The highest BCUT2D eigenvalue weighted by molar-refractivity contribution is 6.33. The van der Waals surface area contributed by atoms with Crippen LogP contribution >= 0.6 is 11.6 Å². The van der Waals surface area contributed by atoms with Gasteiger partial charge in [0.05, 0.1) is 16.1 Å². The number of halogens is 1. The van der Waals surface area contributed by atoms with Crippen molar-refractivity contribution in [3.05, 3.63) is 46.5 Å². The van der Waals surface area contributed by atoms with Crippen molar-refractivity contribution in [2.75, 3.05) is 0 Å². The summed E-state index contributed by atoms with van der Waals surface area (Å²) in [5.74, 6) is 0.841. The van der Waals surface area contributed by atoms with E-state index >= 15 is 0 Å². The Morgan fingerprint density at radius 1 is 1.11 bits per heavy atom. The minimum absolute atomic E-state index is 0.173. The molecule has 0 unspecified atom stereocenters. The molecule has 0 saturated heterocycles. The number of aromatic hydroxyl groups is 1. The summed E-state index contributed by atoms with van der Waals surface area (Å²) in [7, 11) is 0. The number of nitrogens with zero attached hydrogens (tertiary/aromatic N) is 1.